The van der Waals surface area contributed by atoms with Crippen LogP contribution < -0.4 is 0 Å². The second kappa shape index (κ2) is 3.14. The first-order valence-corrected chi connectivity index (χ1v) is 4.73. The molecule has 2 nitrogen and oxygen atoms in total. The van der Waals surface area contributed by atoms with E-state index in [0.717, 1.165) is 16.5 Å². The fraction of sp³-hybridized carbons (Fsp3) is 0.182. The molecule has 0 amide bonds. The molecule has 72 valence electrons. The zero-order valence-electron chi connectivity index (χ0n) is 8.04. The summed E-state index contributed by atoms with van der Waals surface area (Å²) in [6.45, 7) is 1.57. The predicted octanol–water partition coefficient (Wildman–Crippen LogP) is 3.03. The molecule has 14 heavy (non-hydrogen) atoms. The van der Waals surface area contributed by atoms with Gasteiger partial charge in [-0.15, -0.1) is 0 Å². The summed E-state index contributed by atoms with van der Waals surface area (Å²) >= 11 is 6.02. The quantitative estimate of drug-likeness (QED) is 0.659. The average Bonchev–Trinajstić information content (AvgIpc) is 2.50. The Morgan fingerprint density at radius 1 is 1.36 bits per heavy atom. The standard InChI is InChI=1S/C11H10ClNO/c1-7(14)8-3-4-10(12)9-5-6-13(2)11(8)9/h3-6H,1-2H3. The lowest BCUT2D eigenvalue weighted by Crippen LogP contribution is -1.97. The number of hydrogen-bond donors (Lipinski definition) is 0. The lowest BCUT2D eigenvalue weighted by molar-refractivity contribution is 0.101. The molecule has 0 aliphatic heterocycles. The molecule has 0 aliphatic rings. The van der Waals surface area contributed by atoms with E-state index in [1.807, 2.05) is 23.9 Å². The van der Waals surface area contributed by atoms with Crippen molar-refractivity contribution in [1.29, 1.82) is 0 Å². The maximum absolute atomic E-state index is 11.4. The maximum Gasteiger partial charge on any atom is 0.161 e. The highest BCUT2D eigenvalue weighted by atomic mass is 35.5. The number of carbonyl (C=O) groups excluding carboxylic acids is 1. The number of hydrogen-bond acceptors (Lipinski definition) is 1. The van der Waals surface area contributed by atoms with E-state index in [1.165, 1.54) is 0 Å². The molecule has 0 saturated carbocycles. The fourth-order valence-electron chi connectivity index (χ4n) is 1.67. The Hall–Kier alpha value is -1.28. The first-order chi connectivity index (χ1) is 6.61. The zero-order valence-corrected chi connectivity index (χ0v) is 8.80. The molecule has 0 fully saturated rings. The molecule has 0 unspecified atom stereocenters. The normalized spacial score (nSPS) is 10.8. The van der Waals surface area contributed by atoms with Crippen LogP contribution >= 0.6 is 11.6 Å². The Morgan fingerprint density at radius 2 is 2.07 bits per heavy atom. The Bertz CT molecular complexity index is 513. The fourth-order valence-corrected chi connectivity index (χ4v) is 1.88. The number of carbonyl (C=O) groups is 1. The van der Waals surface area contributed by atoms with Gasteiger partial charge in [-0.2, -0.15) is 0 Å². The van der Waals surface area contributed by atoms with Gasteiger partial charge in [-0.3, -0.25) is 4.79 Å². The number of fused-ring (bicyclic) bond motifs is 1. The van der Waals surface area contributed by atoms with Crippen LogP contribution in [0.2, 0.25) is 5.02 Å². The second-order valence-corrected chi connectivity index (χ2v) is 3.75. The van der Waals surface area contributed by atoms with Crippen molar-refractivity contribution in [3.8, 4) is 0 Å². The third kappa shape index (κ3) is 1.23. The summed E-state index contributed by atoms with van der Waals surface area (Å²) < 4.78 is 1.91. The van der Waals surface area contributed by atoms with E-state index < -0.39 is 0 Å². The van der Waals surface area contributed by atoms with Crippen LogP contribution in [0.15, 0.2) is 24.4 Å². The number of nitrogens with zero attached hydrogens (tertiary/aromatic N) is 1. The summed E-state index contributed by atoms with van der Waals surface area (Å²) in [6.07, 6.45) is 1.91. The van der Waals surface area contributed by atoms with Crippen molar-refractivity contribution < 1.29 is 4.79 Å². The van der Waals surface area contributed by atoms with Gasteiger partial charge in [0.2, 0.25) is 0 Å². The van der Waals surface area contributed by atoms with Gasteiger partial charge in [0.1, 0.15) is 0 Å². The third-order valence-corrected chi connectivity index (χ3v) is 2.69. The molecule has 2 aromatic rings. The summed E-state index contributed by atoms with van der Waals surface area (Å²) in [7, 11) is 1.91. The van der Waals surface area contributed by atoms with Crippen molar-refractivity contribution in [1.82, 2.24) is 4.57 Å². The minimum absolute atomic E-state index is 0.0634. The van der Waals surface area contributed by atoms with Gasteiger partial charge in [0.15, 0.2) is 5.78 Å². The molecule has 0 aliphatic carbocycles. The van der Waals surface area contributed by atoms with Gasteiger partial charge in [0, 0.05) is 29.2 Å². The SMILES string of the molecule is CC(=O)c1ccc(Cl)c2ccn(C)c12. The van der Waals surface area contributed by atoms with E-state index in [0.29, 0.717) is 5.02 Å². The van der Waals surface area contributed by atoms with Crippen molar-refractivity contribution in [3.63, 3.8) is 0 Å². The topological polar surface area (TPSA) is 22.0 Å². The molecule has 0 spiro atoms. The molecule has 0 N–H and O–H groups in total. The first-order valence-electron chi connectivity index (χ1n) is 4.35. The first kappa shape index (κ1) is 9.28. The van der Waals surface area contributed by atoms with Crippen molar-refractivity contribution in [2.75, 3.05) is 0 Å². The summed E-state index contributed by atoms with van der Waals surface area (Å²) in [5, 5.41) is 1.62. The van der Waals surface area contributed by atoms with Crippen LogP contribution in [0, 0.1) is 0 Å². The Kier molecular flexibility index (Phi) is 2.08. The van der Waals surface area contributed by atoms with E-state index >= 15 is 0 Å². The molecular weight excluding hydrogens is 198 g/mol. The van der Waals surface area contributed by atoms with Crippen LogP contribution in [0.3, 0.4) is 0 Å². The number of halogens is 1. The summed E-state index contributed by atoms with van der Waals surface area (Å²) in [4.78, 5) is 11.4. The van der Waals surface area contributed by atoms with Gasteiger partial charge in [-0.25, -0.2) is 0 Å². The number of Topliss-reactive ketones (excluding diaryl/α,β-unsaturated/α-hetero) is 1. The summed E-state index contributed by atoms with van der Waals surface area (Å²) in [5.74, 6) is 0.0634. The van der Waals surface area contributed by atoms with Crippen LogP contribution in [0.5, 0.6) is 0 Å². The highest BCUT2D eigenvalue weighted by Gasteiger charge is 2.10. The Morgan fingerprint density at radius 3 is 2.71 bits per heavy atom. The largest absolute Gasteiger partial charge is 0.350 e. The molecule has 1 heterocycles. The molecule has 1 aromatic heterocycles. The van der Waals surface area contributed by atoms with Gasteiger partial charge in [-0.05, 0) is 25.1 Å². The number of benzene rings is 1. The second-order valence-electron chi connectivity index (χ2n) is 3.34. The van der Waals surface area contributed by atoms with Crippen molar-refractivity contribution in [3.05, 3.63) is 35.0 Å². The van der Waals surface area contributed by atoms with Crippen LogP contribution in [-0.4, -0.2) is 10.4 Å². The Balaban J connectivity index is 2.92. The highest BCUT2D eigenvalue weighted by molar-refractivity contribution is 6.36. The van der Waals surface area contributed by atoms with Crippen molar-refractivity contribution in [2.45, 2.75) is 6.92 Å². The molecule has 0 atom stereocenters. The highest BCUT2D eigenvalue weighted by Crippen LogP contribution is 2.27. The van der Waals surface area contributed by atoms with Crippen LogP contribution in [0.1, 0.15) is 17.3 Å². The van der Waals surface area contributed by atoms with E-state index in [9.17, 15) is 4.79 Å². The zero-order chi connectivity index (χ0) is 10.3. The minimum Gasteiger partial charge on any atom is -0.350 e. The summed E-state index contributed by atoms with van der Waals surface area (Å²) in [5.41, 5.74) is 1.63. The van der Waals surface area contributed by atoms with E-state index in [2.05, 4.69) is 0 Å². The monoisotopic (exact) mass is 207 g/mol. The number of aryl methyl sites for hydroxylation is 1. The van der Waals surface area contributed by atoms with Gasteiger partial charge in [-0.1, -0.05) is 11.6 Å². The average molecular weight is 208 g/mol. The van der Waals surface area contributed by atoms with E-state index in [4.69, 9.17) is 11.6 Å². The summed E-state index contributed by atoms with van der Waals surface area (Å²) in [6, 6.07) is 5.46. The molecule has 1 aromatic carbocycles. The number of rotatable bonds is 1. The van der Waals surface area contributed by atoms with Crippen LogP contribution in [0.4, 0.5) is 0 Å². The molecule has 3 heteroatoms. The molecule has 0 saturated heterocycles. The van der Waals surface area contributed by atoms with E-state index in [1.54, 1.807) is 19.1 Å². The molecule has 0 bridgehead atoms. The van der Waals surface area contributed by atoms with Crippen molar-refractivity contribution in [2.24, 2.45) is 7.05 Å². The maximum atomic E-state index is 11.4. The van der Waals surface area contributed by atoms with Gasteiger partial charge in [0.05, 0.1) is 5.52 Å². The van der Waals surface area contributed by atoms with Gasteiger partial charge in [0.25, 0.3) is 0 Å². The van der Waals surface area contributed by atoms with Crippen molar-refractivity contribution >= 4 is 28.3 Å². The minimum atomic E-state index is 0.0634. The lowest BCUT2D eigenvalue weighted by atomic mass is 10.1. The van der Waals surface area contributed by atoms with Gasteiger partial charge < -0.3 is 4.57 Å². The molecule has 0 radical (unpaired) electrons. The third-order valence-electron chi connectivity index (χ3n) is 2.36. The molecule has 2 rings (SSSR count). The van der Waals surface area contributed by atoms with E-state index in [-0.39, 0.29) is 5.78 Å². The number of ketones is 1. The number of aromatic nitrogens is 1. The lowest BCUT2D eigenvalue weighted by Gasteiger charge is -2.03. The Labute approximate surface area is 87.1 Å². The van der Waals surface area contributed by atoms with Crippen LogP contribution in [0.25, 0.3) is 10.9 Å². The molecular formula is C11H10ClNO. The van der Waals surface area contributed by atoms with Crippen LogP contribution in [-0.2, 0) is 7.05 Å². The van der Waals surface area contributed by atoms with Gasteiger partial charge >= 0.3 is 0 Å². The predicted molar refractivity (Wildman–Crippen MR) is 57.9 cm³/mol. The smallest absolute Gasteiger partial charge is 0.161 e.